The molecule has 1 heterocycles. The first-order valence-electron chi connectivity index (χ1n) is 8.58. The summed E-state index contributed by atoms with van der Waals surface area (Å²) in [4.78, 5) is 2.64. The molecule has 0 aromatic heterocycles. The highest BCUT2D eigenvalue weighted by Crippen LogP contribution is 2.42. The molecule has 2 aliphatic rings. The number of benzene rings is 1. The van der Waals surface area contributed by atoms with Crippen LogP contribution in [0.2, 0.25) is 5.02 Å². The molecule has 1 aliphatic heterocycles. The van der Waals surface area contributed by atoms with Crippen molar-refractivity contribution in [1.82, 2.24) is 10.2 Å². The Labute approximate surface area is 163 Å². The maximum absolute atomic E-state index is 6.31. The standard InChI is InChI=1S/C18H27ClN2O.2ClH/c1-22-17-8-7-15(19)13-16(17)18(14-5-3-2-4-6-14)21-11-9-20-10-12-21;;/h7-8,13-14,18,20H,2-6,9-12H2,1H3;2*1H/t18-;;/m0../s1. The molecule has 0 radical (unpaired) electrons. The molecular weight excluding hydrogens is 367 g/mol. The highest BCUT2D eigenvalue weighted by atomic mass is 35.5. The predicted octanol–water partition coefficient (Wildman–Crippen LogP) is 4.72. The number of hydrogen-bond acceptors (Lipinski definition) is 3. The molecule has 1 aliphatic carbocycles. The Morgan fingerprint density at radius 3 is 2.42 bits per heavy atom. The van der Waals surface area contributed by atoms with Gasteiger partial charge in [0.2, 0.25) is 0 Å². The number of methoxy groups -OCH3 is 1. The second-order valence-electron chi connectivity index (χ2n) is 6.52. The average molecular weight is 396 g/mol. The van der Waals surface area contributed by atoms with Gasteiger partial charge in [0.05, 0.1) is 7.11 Å². The van der Waals surface area contributed by atoms with Crippen molar-refractivity contribution in [1.29, 1.82) is 0 Å². The quantitative estimate of drug-likeness (QED) is 0.798. The topological polar surface area (TPSA) is 24.5 Å². The summed E-state index contributed by atoms with van der Waals surface area (Å²) < 4.78 is 5.66. The van der Waals surface area contributed by atoms with Gasteiger partial charge in [0.15, 0.2) is 0 Å². The lowest BCUT2D eigenvalue weighted by molar-refractivity contribution is 0.101. The summed E-state index contributed by atoms with van der Waals surface area (Å²) in [5.74, 6) is 1.71. The molecule has 1 saturated carbocycles. The molecule has 2 fully saturated rings. The number of nitrogens with zero attached hydrogens (tertiary/aromatic N) is 1. The van der Waals surface area contributed by atoms with Crippen molar-refractivity contribution in [3.05, 3.63) is 28.8 Å². The molecule has 0 unspecified atom stereocenters. The first-order chi connectivity index (χ1) is 10.8. The Bertz CT molecular complexity index is 471. The van der Waals surface area contributed by atoms with Crippen molar-refractivity contribution in [2.75, 3.05) is 33.3 Å². The number of nitrogens with one attached hydrogen (secondary N) is 1. The third-order valence-corrected chi connectivity index (χ3v) is 5.39. The molecule has 3 rings (SSSR count). The summed E-state index contributed by atoms with van der Waals surface area (Å²) in [6, 6.07) is 6.52. The maximum atomic E-state index is 6.31. The Balaban J connectivity index is 0.00000144. The van der Waals surface area contributed by atoms with Crippen LogP contribution in [0.1, 0.15) is 43.7 Å². The van der Waals surface area contributed by atoms with Gasteiger partial charge in [-0.2, -0.15) is 0 Å². The van der Waals surface area contributed by atoms with Crippen molar-refractivity contribution in [2.45, 2.75) is 38.1 Å². The molecule has 24 heavy (non-hydrogen) atoms. The molecule has 1 atom stereocenters. The molecule has 0 bridgehead atoms. The van der Waals surface area contributed by atoms with E-state index in [9.17, 15) is 0 Å². The number of ether oxygens (including phenoxy) is 1. The lowest BCUT2D eigenvalue weighted by Crippen LogP contribution is -2.47. The fourth-order valence-electron chi connectivity index (χ4n) is 4.10. The maximum Gasteiger partial charge on any atom is 0.123 e. The Hall–Kier alpha value is -0.190. The molecule has 1 aromatic rings. The van der Waals surface area contributed by atoms with Gasteiger partial charge >= 0.3 is 0 Å². The third kappa shape index (κ3) is 5.15. The van der Waals surface area contributed by atoms with Crippen LogP contribution in [0.25, 0.3) is 0 Å². The summed E-state index contributed by atoms with van der Waals surface area (Å²) in [7, 11) is 1.77. The zero-order chi connectivity index (χ0) is 15.4. The summed E-state index contributed by atoms with van der Waals surface area (Å²) in [6.07, 6.45) is 6.75. The van der Waals surface area contributed by atoms with Gasteiger partial charge in [-0.15, -0.1) is 24.8 Å². The van der Waals surface area contributed by atoms with Crippen LogP contribution in [0.5, 0.6) is 5.75 Å². The highest BCUT2D eigenvalue weighted by molar-refractivity contribution is 6.30. The molecule has 1 saturated heterocycles. The first kappa shape index (κ1) is 21.9. The Morgan fingerprint density at radius 2 is 1.79 bits per heavy atom. The van der Waals surface area contributed by atoms with Gasteiger partial charge < -0.3 is 10.1 Å². The lowest BCUT2D eigenvalue weighted by Gasteiger charge is -2.41. The van der Waals surface area contributed by atoms with Gasteiger partial charge in [-0.3, -0.25) is 4.90 Å². The number of hydrogen-bond donors (Lipinski definition) is 1. The molecule has 0 amide bonds. The Kier molecular flexibility index (Phi) is 9.76. The van der Waals surface area contributed by atoms with E-state index in [2.05, 4.69) is 16.3 Å². The fourth-order valence-corrected chi connectivity index (χ4v) is 4.28. The van der Waals surface area contributed by atoms with Crippen molar-refractivity contribution in [3.8, 4) is 5.75 Å². The van der Waals surface area contributed by atoms with Crippen molar-refractivity contribution < 1.29 is 4.74 Å². The van der Waals surface area contributed by atoms with E-state index in [0.717, 1.165) is 42.9 Å². The van der Waals surface area contributed by atoms with Gasteiger partial charge in [0.1, 0.15) is 5.75 Å². The van der Waals surface area contributed by atoms with Gasteiger partial charge in [-0.05, 0) is 37.0 Å². The van der Waals surface area contributed by atoms with Gasteiger partial charge in [0.25, 0.3) is 0 Å². The summed E-state index contributed by atoms with van der Waals surface area (Å²) >= 11 is 6.31. The van der Waals surface area contributed by atoms with Crippen LogP contribution in [0.15, 0.2) is 18.2 Å². The van der Waals surface area contributed by atoms with Crippen LogP contribution in [-0.4, -0.2) is 38.2 Å². The van der Waals surface area contributed by atoms with E-state index in [1.54, 1.807) is 7.11 Å². The molecule has 1 aromatic carbocycles. The first-order valence-corrected chi connectivity index (χ1v) is 8.95. The number of halogens is 3. The van der Waals surface area contributed by atoms with Gasteiger partial charge in [-0.1, -0.05) is 30.9 Å². The number of piperazine rings is 1. The van der Waals surface area contributed by atoms with Crippen molar-refractivity contribution >= 4 is 36.4 Å². The van der Waals surface area contributed by atoms with Crippen LogP contribution in [0.3, 0.4) is 0 Å². The average Bonchev–Trinajstić information content (AvgIpc) is 2.57. The largest absolute Gasteiger partial charge is 0.496 e. The summed E-state index contributed by atoms with van der Waals surface area (Å²) in [6.45, 7) is 4.37. The minimum absolute atomic E-state index is 0. The van der Waals surface area contributed by atoms with Crippen LogP contribution < -0.4 is 10.1 Å². The van der Waals surface area contributed by atoms with Crippen LogP contribution >= 0.6 is 36.4 Å². The molecular formula is C18H29Cl3N2O. The van der Waals surface area contributed by atoms with Crippen molar-refractivity contribution in [2.24, 2.45) is 5.92 Å². The molecule has 1 N–H and O–H groups in total. The Morgan fingerprint density at radius 1 is 1.12 bits per heavy atom. The van der Waals surface area contributed by atoms with E-state index in [4.69, 9.17) is 16.3 Å². The van der Waals surface area contributed by atoms with E-state index in [1.807, 2.05) is 12.1 Å². The van der Waals surface area contributed by atoms with Crippen LogP contribution in [-0.2, 0) is 0 Å². The van der Waals surface area contributed by atoms with Crippen LogP contribution in [0.4, 0.5) is 0 Å². The summed E-state index contributed by atoms with van der Waals surface area (Å²) in [5, 5.41) is 4.28. The fraction of sp³-hybridized carbons (Fsp3) is 0.667. The molecule has 3 nitrogen and oxygen atoms in total. The highest BCUT2D eigenvalue weighted by Gasteiger charge is 2.32. The van der Waals surface area contributed by atoms with E-state index in [-0.39, 0.29) is 24.8 Å². The summed E-state index contributed by atoms with van der Waals surface area (Å²) in [5.41, 5.74) is 1.28. The monoisotopic (exact) mass is 394 g/mol. The van der Waals surface area contributed by atoms with Crippen molar-refractivity contribution in [3.63, 3.8) is 0 Å². The second kappa shape index (κ2) is 10.7. The SMILES string of the molecule is COc1ccc(Cl)cc1[C@H](C1CCCCC1)N1CCNCC1.Cl.Cl. The van der Waals surface area contributed by atoms with E-state index >= 15 is 0 Å². The number of rotatable bonds is 4. The van der Waals surface area contributed by atoms with Gasteiger partial charge in [0, 0.05) is 42.8 Å². The molecule has 6 heteroatoms. The zero-order valence-electron chi connectivity index (χ0n) is 14.3. The minimum Gasteiger partial charge on any atom is -0.496 e. The predicted molar refractivity (Wildman–Crippen MR) is 106 cm³/mol. The minimum atomic E-state index is 0. The van der Waals surface area contributed by atoms with E-state index in [1.165, 1.54) is 37.7 Å². The van der Waals surface area contributed by atoms with Crippen LogP contribution in [0, 0.1) is 5.92 Å². The molecule has 0 spiro atoms. The lowest BCUT2D eigenvalue weighted by atomic mass is 9.80. The van der Waals surface area contributed by atoms with Gasteiger partial charge in [-0.25, -0.2) is 0 Å². The van der Waals surface area contributed by atoms with E-state index < -0.39 is 0 Å². The normalized spacial score (nSPS) is 20.6. The molecule has 138 valence electrons. The third-order valence-electron chi connectivity index (χ3n) is 5.15. The van der Waals surface area contributed by atoms with E-state index in [0.29, 0.717) is 6.04 Å². The second-order valence-corrected chi connectivity index (χ2v) is 6.95. The zero-order valence-corrected chi connectivity index (χ0v) is 16.7. The smallest absolute Gasteiger partial charge is 0.123 e.